The van der Waals surface area contributed by atoms with Crippen molar-refractivity contribution in [3.8, 4) is 0 Å². The molecule has 3 heteroatoms. The largest absolute Gasteiger partial charge is 0.309 e. The molecule has 1 aliphatic rings. The molecule has 2 nitrogen and oxygen atoms in total. The van der Waals surface area contributed by atoms with Gasteiger partial charge in [0.2, 0.25) is 0 Å². The van der Waals surface area contributed by atoms with Crippen molar-refractivity contribution in [2.45, 2.75) is 38.6 Å². The molecule has 1 fully saturated rings. The normalized spacial score (nSPS) is 20.6. The Hall–Kier alpha value is -0.380. The lowest BCUT2D eigenvalue weighted by atomic mass is 9.90. The summed E-state index contributed by atoms with van der Waals surface area (Å²) in [5.74, 6) is 0. The molecule has 0 amide bonds. The second-order valence-corrected chi connectivity index (χ2v) is 6.05. The summed E-state index contributed by atoms with van der Waals surface area (Å²) in [6, 6.07) is 4.40. The molecule has 0 radical (unpaired) electrons. The number of hydrogen-bond donors (Lipinski definition) is 1. The first-order valence-corrected chi connectivity index (χ1v) is 7.66. The van der Waals surface area contributed by atoms with Gasteiger partial charge in [0, 0.05) is 36.6 Å². The molecule has 1 saturated heterocycles. The molecule has 2 rings (SSSR count). The number of rotatable bonds is 5. The second kappa shape index (κ2) is 5.98. The SMILES string of the molecule is CCC1(CC)CN(CCc2cccs2)CCN1. The van der Waals surface area contributed by atoms with Crippen LogP contribution in [0.15, 0.2) is 17.5 Å². The molecule has 0 spiro atoms. The van der Waals surface area contributed by atoms with Gasteiger partial charge in [-0.1, -0.05) is 19.9 Å². The number of nitrogens with zero attached hydrogens (tertiary/aromatic N) is 1. The molecule has 1 aliphatic heterocycles. The van der Waals surface area contributed by atoms with Crippen molar-refractivity contribution >= 4 is 11.3 Å². The quantitative estimate of drug-likeness (QED) is 0.867. The molecule has 0 bridgehead atoms. The summed E-state index contributed by atoms with van der Waals surface area (Å²) in [4.78, 5) is 4.14. The van der Waals surface area contributed by atoms with E-state index in [9.17, 15) is 0 Å². The van der Waals surface area contributed by atoms with Crippen LogP contribution < -0.4 is 5.32 Å². The minimum absolute atomic E-state index is 0.369. The van der Waals surface area contributed by atoms with E-state index in [1.165, 1.54) is 43.8 Å². The van der Waals surface area contributed by atoms with Crippen molar-refractivity contribution < 1.29 is 0 Å². The van der Waals surface area contributed by atoms with Crippen LogP contribution in [-0.2, 0) is 6.42 Å². The topological polar surface area (TPSA) is 15.3 Å². The van der Waals surface area contributed by atoms with E-state index < -0.39 is 0 Å². The maximum atomic E-state index is 3.72. The highest BCUT2D eigenvalue weighted by Crippen LogP contribution is 2.20. The molecule has 0 aliphatic carbocycles. The van der Waals surface area contributed by atoms with E-state index in [0.29, 0.717) is 5.54 Å². The Morgan fingerprint density at radius 1 is 1.41 bits per heavy atom. The van der Waals surface area contributed by atoms with Crippen LogP contribution in [-0.4, -0.2) is 36.6 Å². The van der Waals surface area contributed by atoms with Gasteiger partial charge in [0.05, 0.1) is 0 Å². The summed E-state index contributed by atoms with van der Waals surface area (Å²) in [6.45, 7) is 9.38. The highest BCUT2D eigenvalue weighted by molar-refractivity contribution is 7.09. The van der Waals surface area contributed by atoms with Crippen molar-refractivity contribution in [3.63, 3.8) is 0 Å². The summed E-state index contributed by atoms with van der Waals surface area (Å²) < 4.78 is 0. The number of thiophene rings is 1. The maximum absolute atomic E-state index is 3.72. The zero-order valence-corrected chi connectivity index (χ0v) is 11.9. The van der Waals surface area contributed by atoms with Crippen molar-refractivity contribution in [2.24, 2.45) is 0 Å². The maximum Gasteiger partial charge on any atom is 0.0304 e. The predicted molar refractivity (Wildman–Crippen MR) is 75.8 cm³/mol. The summed E-state index contributed by atoms with van der Waals surface area (Å²) in [5.41, 5.74) is 0.369. The Morgan fingerprint density at radius 3 is 2.88 bits per heavy atom. The summed E-state index contributed by atoms with van der Waals surface area (Å²) in [6.07, 6.45) is 3.68. The Labute approximate surface area is 109 Å². The fourth-order valence-corrected chi connectivity index (χ4v) is 3.38. The van der Waals surface area contributed by atoms with Gasteiger partial charge in [-0.25, -0.2) is 0 Å². The summed E-state index contributed by atoms with van der Waals surface area (Å²) >= 11 is 1.88. The molecular formula is C14H24N2S. The third-order valence-electron chi connectivity index (χ3n) is 4.06. The first-order valence-electron chi connectivity index (χ1n) is 6.78. The van der Waals surface area contributed by atoms with Gasteiger partial charge in [0.15, 0.2) is 0 Å². The van der Waals surface area contributed by atoms with Crippen LogP contribution in [0.3, 0.4) is 0 Å². The van der Waals surface area contributed by atoms with Gasteiger partial charge in [-0.3, -0.25) is 4.90 Å². The molecule has 1 aromatic rings. The number of hydrogen-bond acceptors (Lipinski definition) is 3. The Kier molecular flexibility index (Phi) is 4.60. The van der Waals surface area contributed by atoms with Gasteiger partial charge in [0.1, 0.15) is 0 Å². The molecule has 0 saturated carbocycles. The second-order valence-electron chi connectivity index (χ2n) is 5.02. The van der Waals surface area contributed by atoms with E-state index in [2.05, 4.69) is 41.6 Å². The van der Waals surface area contributed by atoms with Crippen LogP contribution in [0.25, 0.3) is 0 Å². The Morgan fingerprint density at radius 2 is 2.24 bits per heavy atom. The Balaban J connectivity index is 1.85. The lowest BCUT2D eigenvalue weighted by molar-refractivity contribution is 0.125. The molecule has 1 aromatic heterocycles. The highest BCUT2D eigenvalue weighted by atomic mass is 32.1. The van der Waals surface area contributed by atoms with E-state index in [1.807, 2.05) is 11.3 Å². The fourth-order valence-electron chi connectivity index (χ4n) is 2.68. The standard InChI is InChI=1S/C14H24N2S/c1-3-14(4-2)12-16(10-8-15-14)9-7-13-6-5-11-17-13/h5-6,11,15H,3-4,7-10,12H2,1-2H3. The number of nitrogens with one attached hydrogen (secondary N) is 1. The molecule has 0 atom stereocenters. The fraction of sp³-hybridized carbons (Fsp3) is 0.714. The third-order valence-corrected chi connectivity index (χ3v) is 5.00. The van der Waals surface area contributed by atoms with Gasteiger partial charge in [-0.2, -0.15) is 0 Å². The lowest BCUT2D eigenvalue weighted by Crippen LogP contribution is -2.60. The van der Waals surface area contributed by atoms with Gasteiger partial charge in [-0.15, -0.1) is 11.3 Å². The zero-order valence-electron chi connectivity index (χ0n) is 11.0. The Bertz CT molecular complexity index is 317. The highest BCUT2D eigenvalue weighted by Gasteiger charge is 2.31. The van der Waals surface area contributed by atoms with Crippen molar-refractivity contribution in [1.82, 2.24) is 10.2 Å². The molecule has 0 unspecified atom stereocenters. The zero-order chi connectivity index (χ0) is 12.1. The number of piperazine rings is 1. The van der Waals surface area contributed by atoms with Crippen LogP contribution >= 0.6 is 11.3 Å². The van der Waals surface area contributed by atoms with Gasteiger partial charge >= 0.3 is 0 Å². The molecule has 2 heterocycles. The third kappa shape index (κ3) is 3.30. The monoisotopic (exact) mass is 252 g/mol. The smallest absolute Gasteiger partial charge is 0.0304 e. The van der Waals surface area contributed by atoms with Crippen LogP contribution in [0.2, 0.25) is 0 Å². The van der Waals surface area contributed by atoms with E-state index in [-0.39, 0.29) is 0 Å². The van der Waals surface area contributed by atoms with Crippen LogP contribution in [0.4, 0.5) is 0 Å². The molecular weight excluding hydrogens is 228 g/mol. The first kappa shape index (κ1) is 13.1. The van der Waals surface area contributed by atoms with Crippen LogP contribution in [0, 0.1) is 0 Å². The van der Waals surface area contributed by atoms with Gasteiger partial charge < -0.3 is 5.32 Å². The molecule has 96 valence electrons. The summed E-state index contributed by atoms with van der Waals surface area (Å²) in [5, 5.41) is 5.89. The first-order chi connectivity index (χ1) is 8.28. The van der Waals surface area contributed by atoms with E-state index in [0.717, 1.165) is 6.54 Å². The minimum atomic E-state index is 0.369. The molecule has 0 aromatic carbocycles. The average molecular weight is 252 g/mol. The van der Waals surface area contributed by atoms with E-state index in [4.69, 9.17) is 0 Å². The predicted octanol–water partition coefficient (Wildman–Crippen LogP) is 2.75. The van der Waals surface area contributed by atoms with Gasteiger partial charge in [-0.05, 0) is 30.7 Å². The molecule has 1 N–H and O–H groups in total. The van der Waals surface area contributed by atoms with Crippen LogP contribution in [0.1, 0.15) is 31.6 Å². The van der Waals surface area contributed by atoms with E-state index >= 15 is 0 Å². The van der Waals surface area contributed by atoms with Gasteiger partial charge in [0.25, 0.3) is 0 Å². The van der Waals surface area contributed by atoms with Crippen molar-refractivity contribution in [2.75, 3.05) is 26.2 Å². The van der Waals surface area contributed by atoms with Crippen molar-refractivity contribution in [3.05, 3.63) is 22.4 Å². The molecule has 17 heavy (non-hydrogen) atoms. The lowest BCUT2D eigenvalue weighted by Gasteiger charge is -2.43. The average Bonchev–Trinajstić information content (AvgIpc) is 2.90. The minimum Gasteiger partial charge on any atom is -0.309 e. The van der Waals surface area contributed by atoms with Crippen LogP contribution in [0.5, 0.6) is 0 Å². The van der Waals surface area contributed by atoms with E-state index in [1.54, 1.807) is 0 Å². The van der Waals surface area contributed by atoms with Crippen molar-refractivity contribution in [1.29, 1.82) is 0 Å². The summed E-state index contributed by atoms with van der Waals surface area (Å²) in [7, 11) is 0.